The van der Waals surface area contributed by atoms with Gasteiger partial charge < -0.3 is 5.11 Å². The second-order valence-corrected chi connectivity index (χ2v) is 6.12. The minimum absolute atomic E-state index is 0.279. The van der Waals surface area contributed by atoms with Crippen molar-refractivity contribution in [2.75, 3.05) is 0 Å². The fourth-order valence-electron chi connectivity index (χ4n) is 2.19. The number of nitrogens with zero attached hydrogens (tertiary/aromatic N) is 2. The zero-order valence-electron chi connectivity index (χ0n) is 12.0. The zero-order chi connectivity index (χ0) is 16.4. The van der Waals surface area contributed by atoms with Crippen LogP contribution in [0.5, 0.6) is 0 Å². The summed E-state index contributed by atoms with van der Waals surface area (Å²) in [6, 6.07) is 6.29. The number of aliphatic hydroxyl groups is 1. The summed E-state index contributed by atoms with van der Waals surface area (Å²) in [6.07, 6.45) is 5.76. The summed E-state index contributed by atoms with van der Waals surface area (Å²) in [5.41, 5.74) is -3.01. The van der Waals surface area contributed by atoms with E-state index in [0.717, 1.165) is 0 Å². The Bertz CT molecular complexity index is 734. The lowest BCUT2D eigenvalue weighted by molar-refractivity contribution is -0.127. The van der Waals surface area contributed by atoms with Crippen molar-refractivity contribution in [3.63, 3.8) is 0 Å². The Morgan fingerprint density at radius 2 is 1.55 bits per heavy atom. The third kappa shape index (κ3) is 3.14. The van der Waals surface area contributed by atoms with Crippen molar-refractivity contribution < 1.29 is 22.3 Å². The maximum atomic E-state index is 11.3. The van der Waals surface area contributed by atoms with Gasteiger partial charge in [0.1, 0.15) is 11.2 Å². The molecule has 2 atom stereocenters. The summed E-state index contributed by atoms with van der Waals surface area (Å²) in [5.74, 6) is 0. The van der Waals surface area contributed by atoms with Gasteiger partial charge in [0, 0.05) is 35.9 Å². The van der Waals surface area contributed by atoms with Crippen LogP contribution in [-0.4, -0.2) is 28.0 Å². The summed E-state index contributed by atoms with van der Waals surface area (Å²) in [6.45, 7) is 2.73. The van der Waals surface area contributed by atoms with Crippen molar-refractivity contribution in [1.29, 1.82) is 0 Å². The second kappa shape index (κ2) is 5.73. The van der Waals surface area contributed by atoms with E-state index >= 15 is 0 Å². The molecule has 0 unspecified atom stereocenters. The molecule has 0 aliphatic heterocycles. The minimum Gasteiger partial charge on any atom is -0.382 e. The van der Waals surface area contributed by atoms with Crippen molar-refractivity contribution in [1.82, 2.24) is 9.97 Å². The van der Waals surface area contributed by atoms with Gasteiger partial charge in [0.15, 0.2) is 0 Å². The lowest BCUT2D eigenvalue weighted by Gasteiger charge is -2.41. The number of rotatable bonds is 5. The maximum Gasteiger partial charge on any atom is 0.398 e. The molecule has 22 heavy (non-hydrogen) atoms. The van der Waals surface area contributed by atoms with E-state index in [4.69, 9.17) is 8.74 Å². The molecular formula is C14H16N2O5S. The lowest BCUT2D eigenvalue weighted by atomic mass is 9.77. The monoisotopic (exact) mass is 324 g/mol. The van der Waals surface area contributed by atoms with Crippen molar-refractivity contribution in [2.45, 2.75) is 25.0 Å². The number of aromatic nitrogens is 2. The summed E-state index contributed by atoms with van der Waals surface area (Å²) in [5, 5.41) is 11.0. The van der Waals surface area contributed by atoms with Gasteiger partial charge in [-0.2, -0.15) is 8.42 Å². The largest absolute Gasteiger partial charge is 0.398 e. The van der Waals surface area contributed by atoms with E-state index in [9.17, 15) is 13.5 Å². The van der Waals surface area contributed by atoms with Crippen LogP contribution in [0.3, 0.4) is 0 Å². The zero-order valence-corrected chi connectivity index (χ0v) is 12.9. The summed E-state index contributed by atoms with van der Waals surface area (Å²) < 4.78 is 36.5. The van der Waals surface area contributed by atoms with E-state index in [1.54, 1.807) is 24.3 Å². The predicted octanol–water partition coefficient (Wildman–Crippen LogP) is 1.42. The van der Waals surface area contributed by atoms with Crippen molar-refractivity contribution in [3.05, 3.63) is 60.2 Å². The Balaban J connectivity index is 2.63. The normalized spacial score (nSPS) is 17.5. The first-order valence-electron chi connectivity index (χ1n) is 6.38. The average Bonchev–Trinajstić information content (AvgIpc) is 2.47. The van der Waals surface area contributed by atoms with Crippen LogP contribution in [-0.2, 0) is 25.8 Å². The molecule has 8 heteroatoms. The summed E-state index contributed by atoms with van der Waals surface area (Å²) in [7, 11) is -4.83. The Hall–Kier alpha value is -1.87. The van der Waals surface area contributed by atoms with E-state index in [0.29, 0.717) is 5.56 Å². The molecule has 0 saturated heterocycles. The quantitative estimate of drug-likeness (QED) is 0.800. The molecule has 2 N–H and O–H groups in total. The van der Waals surface area contributed by atoms with Gasteiger partial charge in [0.2, 0.25) is 0 Å². The van der Waals surface area contributed by atoms with Crippen LogP contribution >= 0.6 is 0 Å². The smallest absolute Gasteiger partial charge is 0.382 e. The predicted molar refractivity (Wildman–Crippen MR) is 78.0 cm³/mol. The van der Waals surface area contributed by atoms with Gasteiger partial charge in [-0.1, -0.05) is 12.1 Å². The average molecular weight is 324 g/mol. The van der Waals surface area contributed by atoms with Gasteiger partial charge in [0.25, 0.3) is 0 Å². The van der Waals surface area contributed by atoms with Crippen LogP contribution in [0.2, 0.25) is 0 Å². The van der Waals surface area contributed by atoms with Gasteiger partial charge in [-0.25, -0.2) is 4.18 Å². The molecule has 0 spiro atoms. The van der Waals surface area contributed by atoms with E-state index in [1.807, 2.05) is 0 Å². The highest BCUT2D eigenvalue weighted by atomic mass is 32.3. The Morgan fingerprint density at radius 3 is 1.95 bits per heavy atom. The van der Waals surface area contributed by atoms with Gasteiger partial charge in [0.05, 0.1) is 0 Å². The molecule has 118 valence electrons. The topological polar surface area (TPSA) is 110 Å². The second-order valence-electron chi connectivity index (χ2n) is 5.10. The molecule has 0 amide bonds. The first-order chi connectivity index (χ1) is 10.2. The standard InChI is InChI=1S/C14H16N2O5S/c1-13(17,11-5-3-7-15-9-11)14(2,21-22(18,19)20)12-6-4-8-16-10-12/h3-10,17H,1-2H3,(H,18,19,20)/t13-,14-/m0/s1. The lowest BCUT2D eigenvalue weighted by Crippen LogP contribution is -2.48. The van der Waals surface area contributed by atoms with Crippen LogP contribution in [0.4, 0.5) is 0 Å². The highest BCUT2D eigenvalue weighted by Gasteiger charge is 2.50. The van der Waals surface area contributed by atoms with Crippen LogP contribution in [0.15, 0.2) is 49.1 Å². The van der Waals surface area contributed by atoms with Crippen molar-refractivity contribution in [3.8, 4) is 0 Å². The van der Waals surface area contributed by atoms with Crippen LogP contribution in [0.1, 0.15) is 25.0 Å². The van der Waals surface area contributed by atoms with Crippen LogP contribution in [0, 0.1) is 0 Å². The molecule has 0 saturated carbocycles. The van der Waals surface area contributed by atoms with Crippen LogP contribution < -0.4 is 0 Å². The first-order valence-corrected chi connectivity index (χ1v) is 7.75. The molecule has 2 heterocycles. The van der Waals surface area contributed by atoms with Crippen molar-refractivity contribution in [2.24, 2.45) is 0 Å². The molecule has 0 aromatic carbocycles. The van der Waals surface area contributed by atoms with Crippen molar-refractivity contribution >= 4 is 10.4 Å². The van der Waals surface area contributed by atoms with Gasteiger partial charge in [-0.15, -0.1) is 0 Å². The number of pyridine rings is 2. The third-order valence-corrected chi connectivity index (χ3v) is 4.18. The Kier molecular flexibility index (Phi) is 4.30. The fraction of sp³-hybridized carbons (Fsp3) is 0.286. The highest BCUT2D eigenvalue weighted by Crippen LogP contribution is 2.43. The van der Waals surface area contributed by atoms with Gasteiger partial charge in [-0.05, 0) is 26.0 Å². The fourth-order valence-corrected chi connectivity index (χ4v) is 2.87. The first kappa shape index (κ1) is 16.5. The number of hydrogen-bond acceptors (Lipinski definition) is 6. The molecule has 0 aliphatic carbocycles. The third-order valence-electron chi connectivity index (χ3n) is 3.64. The van der Waals surface area contributed by atoms with E-state index in [1.165, 1.54) is 38.6 Å². The molecule has 7 nitrogen and oxygen atoms in total. The van der Waals surface area contributed by atoms with Crippen LogP contribution in [0.25, 0.3) is 0 Å². The molecule has 0 aliphatic rings. The molecule has 0 fully saturated rings. The molecule has 2 rings (SSSR count). The van der Waals surface area contributed by atoms with E-state index in [2.05, 4.69) is 9.97 Å². The molecular weight excluding hydrogens is 308 g/mol. The molecule has 2 aromatic heterocycles. The highest BCUT2D eigenvalue weighted by molar-refractivity contribution is 7.80. The SMILES string of the molecule is C[C@](O)(c1cccnc1)[C@@](C)(OS(=O)(=O)O)c1cccnc1. The van der Waals surface area contributed by atoms with Gasteiger partial charge in [-0.3, -0.25) is 14.5 Å². The Morgan fingerprint density at radius 1 is 1.05 bits per heavy atom. The van der Waals surface area contributed by atoms with Gasteiger partial charge >= 0.3 is 10.4 Å². The molecule has 0 radical (unpaired) electrons. The minimum atomic E-state index is -4.83. The summed E-state index contributed by atoms with van der Waals surface area (Å²) >= 11 is 0. The number of hydrogen-bond donors (Lipinski definition) is 2. The molecule has 2 aromatic rings. The summed E-state index contributed by atoms with van der Waals surface area (Å²) in [4.78, 5) is 7.82. The van der Waals surface area contributed by atoms with E-state index in [-0.39, 0.29) is 5.56 Å². The molecule has 0 bridgehead atoms. The maximum absolute atomic E-state index is 11.3. The Labute approximate surface area is 128 Å². The van der Waals surface area contributed by atoms with E-state index < -0.39 is 21.6 Å².